The van der Waals surface area contributed by atoms with Gasteiger partial charge in [-0.15, -0.1) is 0 Å². The molecule has 0 radical (unpaired) electrons. The largest absolute Gasteiger partial charge is 0.385 e. The second-order valence-electron chi connectivity index (χ2n) is 5.63. The molecule has 1 aromatic heterocycles. The maximum absolute atomic E-state index is 12.3. The second kappa shape index (κ2) is 6.11. The summed E-state index contributed by atoms with van der Waals surface area (Å²) in [6.45, 7) is 8.19. The summed E-state index contributed by atoms with van der Waals surface area (Å²) in [7, 11) is -2.08. The number of nitrogens with zero attached hydrogens (tertiary/aromatic N) is 2. The molecule has 116 valence electrons. The van der Waals surface area contributed by atoms with Crippen LogP contribution in [-0.2, 0) is 20.3 Å². The lowest BCUT2D eigenvalue weighted by molar-refractivity contribution is 0.196. The van der Waals surface area contributed by atoms with Crippen LogP contribution in [0.15, 0.2) is 4.90 Å². The van der Waals surface area contributed by atoms with Crippen molar-refractivity contribution in [3.05, 3.63) is 5.69 Å². The van der Waals surface area contributed by atoms with Gasteiger partial charge in [0, 0.05) is 20.3 Å². The molecule has 0 saturated heterocycles. The molecule has 0 aliphatic rings. The fourth-order valence-electron chi connectivity index (χ4n) is 1.87. The van der Waals surface area contributed by atoms with Crippen molar-refractivity contribution in [2.75, 3.05) is 26.0 Å². The van der Waals surface area contributed by atoms with Crippen LogP contribution in [0.25, 0.3) is 0 Å². The number of nitrogen functional groups attached to an aromatic ring is 1. The number of methoxy groups -OCH3 is 1. The van der Waals surface area contributed by atoms with E-state index >= 15 is 0 Å². The molecule has 8 heteroatoms. The zero-order valence-corrected chi connectivity index (χ0v) is 13.5. The van der Waals surface area contributed by atoms with E-state index in [9.17, 15) is 8.42 Å². The number of hydrogen-bond acceptors (Lipinski definition) is 5. The Kier molecular flexibility index (Phi) is 5.17. The van der Waals surface area contributed by atoms with Gasteiger partial charge in [-0.05, 0) is 34.1 Å². The van der Waals surface area contributed by atoms with Crippen LogP contribution >= 0.6 is 0 Å². The molecular formula is C12H24N4O3S. The van der Waals surface area contributed by atoms with Crippen LogP contribution in [0.2, 0.25) is 0 Å². The highest BCUT2D eigenvalue weighted by atomic mass is 32.2. The molecular weight excluding hydrogens is 280 g/mol. The molecule has 0 fully saturated rings. The van der Waals surface area contributed by atoms with Gasteiger partial charge >= 0.3 is 0 Å². The number of nitrogens with one attached hydrogen (secondary N) is 1. The number of aryl methyl sites for hydroxylation is 1. The van der Waals surface area contributed by atoms with E-state index in [1.807, 2.05) is 20.8 Å². The van der Waals surface area contributed by atoms with Crippen molar-refractivity contribution in [1.29, 1.82) is 0 Å². The first-order valence-electron chi connectivity index (χ1n) is 6.45. The van der Waals surface area contributed by atoms with E-state index in [2.05, 4.69) is 9.82 Å². The van der Waals surface area contributed by atoms with E-state index in [0.29, 0.717) is 25.3 Å². The van der Waals surface area contributed by atoms with Gasteiger partial charge in [0.15, 0.2) is 0 Å². The summed E-state index contributed by atoms with van der Waals surface area (Å²) in [5.74, 6) is 0.161. The van der Waals surface area contributed by atoms with E-state index in [-0.39, 0.29) is 16.3 Å². The van der Waals surface area contributed by atoms with Crippen LogP contribution in [0.1, 0.15) is 32.9 Å². The van der Waals surface area contributed by atoms with E-state index in [4.69, 9.17) is 10.5 Å². The average molecular weight is 304 g/mol. The van der Waals surface area contributed by atoms with Crippen molar-refractivity contribution in [2.45, 2.75) is 44.6 Å². The fraction of sp³-hybridized carbons (Fsp3) is 0.750. The van der Waals surface area contributed by atoms with Gasteiger partial charge in [0.25, 0.3) is 0 Å². The van der Waals surface area contributed by atoms with Crippen molar-refractivity contribution in [1.82, 2.24) is 14.5 Å². The molecule has 0 saturated carbocycles. The summed E-state index contributed by atoms with van der Waals surface area (Å²) in [5.41, 5.74) is 5.99. The Bertz CT molecular complexity index is 558. The minimum atomic E-state index is -3.66. The van der Waals surface area contributed by atoms with Gasteiger partial charge in [0.2, 0.25) is 10.0 Å². The summed E-state index contributed by atoms with van der Waals surface area (Å²) < 4.78 is 33.5. The Morgan fingerprint density at radius 2 is 2.00 bits per heavy atom. The Labute approximate surface area is 120 Å². The van der Waals surface area contributed by atoms with Crippen molar-refractivity contribution in [3.63, 3.8) is 0 Å². The molecule has 7 nitrogen and oxygen atoms in total. The van der Waals surface area contributed by atoms with Crippen LogP contribution in [0.4, 0.5) is 5.82 Å². The van der Waals surface area contributed by atoms with Crippen molar-refractivity contribution >= 4 is 15.8 Å². The summed E-state index contributed by atoms with van der Waals surface area (Å²) in [6.07, 6.45) is 0.599. The molecule has 3 N–H and O–H groups in total. The molecule has 0 amide bonds. The molecule has 0 spiro atoms. The minimum absolute atomic E-state index is 0.0600. The molecule has 1 heterocycles. The van der Waals surface area contributed by atoms with Crippen LogP contribution in [0, 0.1) is 6.92 Å². The molecule has 0 aliphatic heterocycles. The number of sulfonamides is 1. The first-order valence-corrected chi connectivity index (χ1v) is 7.93. The van der Waals surface area contributed by atoms with Crippen LogP contribution in [-0.4, -0.2) is 38.5 Å². The molecule has 0 atom stereocenters. The number of aromatic nitrogens is 2. The van der Waals surface area contributed by atoms with E-state index in [0.717, 1.165) is 0 Å². The molecule has 1 rings (SSSR count). The van der Waals surface area contributed by atoms with Crippen molar-refractivity contribution in [3.8, 4) is 0 Å². The Morgan fingerprint density at radius 3 is 2.45 bits per heavy atom. The van der Waals surface area contributed by atoms with Gasteiger partial charge in [-0.3, -0.25) is 0 Å². The van der Waals surface area contributed by atoms with Crippen molar-refractivity contribution < 1.29 is 13.2 Å². The van der Waals surface area contributed by atoms with Gasteiger partial charge in [-0.25, -0.2) is 17.8 Å². The van der Waals surface area contributed by atoms with Gasteiger partial charge in [0.05, 0.1) is 11.2 Å². The quantitative estimate of drug-likeness (QED) is 0.759. The highest BCUT2D eigenvalue weighted by Gasteiger charge is 2.28. The maximum Gasteiger partial charge on any atom is 0.246 e. The Morgan fingerprint density at radius 1 is 1.40 bits per heavy atom. The number of ether oxygens (including phenoxy) is 1. The normalized spacial score (nSPS) is 12.8. The Balaban J connectivity index is 3.04. The average Bonchev–Trinajstić information content (AvgIpc) is 2.60. The second-order valence-corrected chi connectivity index (χ2v) is 7.33. The lowest BCUT2D eigenvalue weighted by atomic mass is 10.1. The molecule has 0 aromatic carbocycles. The molecule has 0 unspecified atom stereocenters. The zero-order valence-electron chi connectivity index (χ0n) is 12.7. The van der Waals surface area contributed by atoms with Crippen LogP contribution < -0.4 is 10.5 Å². The van der Waals surface area contributed by atoms with Crippen LogP contribution in [0.3, 0.4) is 0 Å². The fourth-order valence-corrected chi connectivity index (χ4v) is 3.22. The summed E-state index contributed by atoms with van der Waals surface area (Å²) >= 11 is 0. The highest BCUT2D eigenvalue weighted by Crippen LogP contribution is 2.27. The van der Waals surface area contributed by atoms with Gasteiger partial charge in [-0.2, -0.15) is 5.10 Å². The lowest BCUT2D eigenvalue weighted by Crippen LogP contribution is -2.28. The van der Waals surface area contributed by atoms with Gasteiger partial charge in [-0.1, -0.05) is 0 Å². The minimum Gasteiger partial charge on any atom is -0.385 e. The third-order valence-electron chi connectivity index (χ3n) is 2.76. The SMILES string of the molecule is COCCCNS(=O)(=O)c1c(C)nn(C(C)(C)C)c1N. The third kappa shape index (κ3) is 3.71. The summed E-state index contributed by atoms with van der Waals surface area (Å²) in [6, 6.07) is 0. The van der Waals surface area contributed by atoms with Gasteiger partial charge in [0.1, 0.15) is 10.7 Å². The summed E-state index contributed by atoms with van der Waals surface area (Å²) in [4.78, 5) is 0.0600. The standard InChI is InChI=1S/C12H24N4O3S/c1-9-10(11(13)16(15-9)12(2,3)4)20(17,18)14-7-6-8-19-5/h14H,6-8,13H2,1-5H3. The Hall–Kier alpha value is -1.12. The topological polar surface area (TPSA) is 99.2 Å². The van der Waals surface area contributed by atoms with Gasteiger partial charge < -0.3 is 10.5 Å². The van der Waals surface area contributed by atoms with Crippen LogP contribution in [0.5, 0.6) is 0 Å². The summed E-state index contributed by atoms with van der Waals surface area (Å²) in [5, 5.41) is 4.24. The predicted molar refractivity (Wildman–Crippen MR) is 78.1 cm³/mol. The molecule has 0 bridgehead atoms. The maximum atomic E-state index is 12.3. The molecule has 20 heavy (non-hydrogen) atoms. The first kappa shape index (κ1) is 16.9. The van der Waals surface area contributed by atoms with E-state index in [1.165, 1.54) is 4.68 Å². The predicted octanol–water partition coefficient (Wildman–Crippen LogP) is 0.844. The number of rotatable bonds is 6. The number of anilines is 1. The molecule has 0 aliphatic carbocycles. The smallest absolute Gasteiger partial charge is 0.246 e. The molecule has 1 aromatic rings. The van der Waals surface area contributed by atoms with E-state index < -0.39 is 10.0 Å². The monoisotopic (exact) mass is 304 g/mol. The van der Waals surface area contributed by atoms with Crippen molar-refractivity contribution in [2.24, 2.45) is 0 Å². The lowest BCUT2D eigenvalue weighted by Gasteiger charge is -2.20. The zero-order chi connectivity index (χ0) is 15.6. The van der Waals surface area contributed by atoms with E-state index in [1.54, 1.807) is 14.0 Å². The first-order chi connectivity index (χ1) is 9.11. The highest BCUT2D eigenvalue weighted by molar-refractivity contribution is 7.89. The number of nitrogens with two attached hydrogens (primary N) is 1. The number of hydrogen-bond donors (Lipinski definition) is 2. The third-order valence-corrected chi connectivity index (χ3v) is 4.39.